The van der Waals surface area contributed by atoms with Crippen molar-refractivity contribution >= 4 is 28.3 Å². The molecule has 0 unspecified atom stereocenters. The fourth-order valence-corrected chi connectivity index (χ4v) is 4.20. The summed E-state index contributed by atoms with van der Waals surface area (Å²) in [6, 6.07) is 6.88. The van der Waals surface area contributed by atoms with E-state index < -0.39 is 6.04 Å². The predicted molar refractivity (Wildman–Crippen MR) is 96.8 cm³/mol. The number of nitrogens with one attached hydrogen (secondary N) is 2. The molecular formula is C18H20N4O2S. The topological polar surface area (TPSA) is 74.3 Å². The van der Waals surface area contributed by atoms with Crippen molar-refractivity contribution < 1.29 is 9.59 Å². The molecule has 1 atom stereocenters. The summed E-state index contributed by atoms with van der Waals surface area (Å²) in [6.07, 6.45) is 2.95. The first-order chi connectivity index (χ1) is 12.2. The third kappa shape index (κ3) is 3.37. The normalized spacial score (nSPS) is 19.4. The number of nitrogens with zero attached hydrogens (tertiary/aromatic N) is 2. The van der Waals surface area contributed by atoms with Gasteiger partial charge < -0.3 is 15.5 Å². The minimum absolute atomic E-state index is 0.168. The van der Waals surface area contributed by atoms with Crippen LogP contribution in [0.25, 0.3) is 0 Å². The van der Waals surface area contributed by atoms with E-state index >= 15 is 0 Å². The van der Waals surface area contributed by atoms with E-state index in [1.54, 1.807) is 17.4 Å². The molecule has 4 rings (SSSR count). The van der Waals surface area contributed by atoms with Gasteiger partial charge in [-0.3, -0.25) is 9.59 Å². The maximum absolute atomic E-state index is 12.4. The number of thiazole rings is 1. The molecule has 1 saturated heterocycles. The number of hydrogen-bond donors (Lipinski definition) is 2. The average Bonchev–Trinajstić information content (AvgIpc) is 3.31. The Hall–Kier alpha value is -2.41. The number of aromatic nitrogens is 1. The highest BCUT2D eigenvalue weighted by Gasteiger charge is 2.28. The van der Waals surface area contributed by atoms with Crippen molar-refractivity contribution in [1.29, 1.82) is 0 Å². The van der Waals surface area contributed by atoms with Crippen LogP contribution in [0.2, 0.25) is 0 Å². The van der Waals surface area contributed by atoms with Crippen LogP contribution in [0, 0.1) is 0 Å². The van der Waals surface area contributed by atoms with E-state index in [-0.39, 0.29) is 11.8 Å². The van der Waals surface area contributed by atoms with Crippen molar-refractivity contribution in [1.82, 2.24) is 15.6 Å². The third-order valence-corrected chi connectivity index (χ3v) is 5.62. The molecule has 1 aromatic carbocycles. The van der Waals surface area contributed by atoms with Crippen LogP contribution in [0.1, 0.15) is 34.5 Å². The molecule has 130 valence electrons. The quantitative estimate of drug-likeness (QED) is 0.875. The molecule has 2 N–H and O–H groups in total. The number of benzene rings is 1. The van der Waals surface area contributed by atoms with E-state index in [4.69, 9.17) is 0 Å². The average molecular weight is 356 g/mol. The molecule has 3 heterocycles. The highest BCUT2D eigenvalue weighted by atomic mass is 32.1. The van der Waals surface area contributed by atoms with Crippen molar-refractivity contribution in [3.05, 3.63) is 46.5 Å². The number of rotatable bonds is 4. The molecular weight excluding hydrogens is 336 g/mol. The van der Waals surface area contributed by atoms with Gasteiger partial charge in [-0.2, -0.15) is 0 Å². The number of carbonyl (C=O) groups excluding carboxylic acids is 2. The van der Waals surface area contributed by atoms with Crippen molar-refractivity contribution in [2.75, 3.05) is 18.0 Å². The Morgan fingerprint density at radius 1 is 1.32 bits per heavy atom. The molecule has 2 amide bonds. The van der Waals surface area contributed by atoms with Gasteiger partial charge in [0.25, 0.3) is 5.91 Å². The molecule has 0 radical (unpaired) electrons. The summed E-state index contributed by atoms with van der Waals surface area (Å²) >= 11 is 1.62. The maximum atomic E-state index is 12.4. The first-order valence-electron chi connectivity index (χ1n) is 8.56. The number of amides is 2. The number of hydrogen-bond acceptors (Lipinski definition) is 5. The molecule has 1 fully saturated rings. The summed E-state index contributed by atoms with van der Waals surface area (Å²) in [5, 5.41) is 8.70. The van der Waals surface area contributed by atoms with Crippen molar-refractivity contribution in [3.63, 3.8) is 0 Å². The molecule has 0 bridgehead atoms. The number of carbonyl (C=O) groups is 2. The first kappa shape index (κ1) is 16.1. The van der Waals surface area contributed by atoms with Crippen LogP contribution in [-0.4, -0.2) is 35.9 Å². The summed E-state index contributed by atoms with van der Waals surface area (Å²) in [7, 11) is 0. The molecule has 7 heteroatoms. The lowest BCUT2D eigenvalue weighted by atomic mass is 9.95. The first-order valence-corrected chi connectivity index (χ1v) is 9.44. The van der Waals surface area contributed by atoms with Gasteiger partial charge in [0.15, 0.2) is 5.13 Å². The van der Waals surface area contributed by atoms with Gasteiger partial charge in [0.2, 0.25) is 5.91 Å². The highest BCUT2D eigenvalue weighted by molar-refractivity contribution is 7.13. The standard InChI is InChI=1S/C18H20N4O2S/c23-16-14-6-2-1-5-12(14)9-15(21-16)17(24)19-10-13-11-25-18(20-13)22-7-3-4-8-22/h1-2,5-6,11,15H,3-4,7-10H2,(H,19,24)(H,21,23)/t15-/m0/s1. The van der Waals surface area contributed by atoms with Crippen LogP contribution >= 0.6 is 11.3 Å². The monoisotopic (exact) mass is 356 g/mol. The molecule has 0 aliphatic carbocycles. The minimum atomic E-state index is -0.529. The van der Waals surface area contributed by atoms with Crippen molar-refractivity contribution in [3.8, 4) is 0 Å². The van der Waals surface area contributed by atoms with Crippen LogP contribution in [-0.2, 0) is 17.8 Å². The van der Waals surface area contributed by atoms with Crippen molar-refractivity contribution in [2.45, 2.75) is 31.8 Å². The Balaban J connectivity index is 1.36. The smallest absolute Gasteiger partial charge is 0.252 e. The van der Waals surface area contributed by atoms with Gasteiger partial charge >= 0.3 is 0 Å². The molecule has 2 aliphatic heterocycles. The number of anilines is 1. The SMILES string of the molecule is O=C1N[C@H](C(=O)NCc2csc(N3CCCC3)n2)Cc2ccccc21. The Morgan fingerprint density at radius 3 is 2.96 bits per heavy atom. The zero-order valence-corrected chi connectivity index (χ0v) is 14.6. The lowest BCUT2D eigenvalue weighted by Gasteiger charge is -2.24. The molecule has 2 aromatic rings. The lowest BCUT2D eigenvalue weighted by molar-refractivity contribution is -0.123. The molecule has 0 spiro atoms. The van der Waals surface area contributed by atoms with Crippen LogP contribution in [0.5, 0.6) is 0 Å². The summed E-state index contributed by atoms with van der Waals surface area (Å²) < 4.78 is 0. The predicted octanol–water partition coefficient (Wildman–Crippen LogP) is 1.71. The van der Waals surface area contributed by atoms with E-state index in [2.05, 4.69) is 20.5 Å². The van der Waals surface area contributed by atoms with Gasteiger partial charge in [-0.15, -0.1) is 11.3 Å². The van der Waals surface area contributed by atoms with E-state index in [1.165, 1.54) is 12.8 Å². The molecule has 25 heavy (non-hydrogen) atoms. The largest absolute Gasteiger partial charge is 0.349 e. The second-order valence-corrected chi connectivity index (χ2v) is 7.26. The minimum Gasteiger partial charge on any atom is -0.349 e. The third-order valence-electron chi connectivity index (χ3n) is 4.67. The Bertz CT molecular complexity index is 798. The maximum Gasteiger partial charge on any atom is 0.252 e. The summed E-state index contributed by atoms with van der Waals surface area (Å²) in [5.74, 6) is -0.356. The summed E-state index contributed by atoms with van der Waals surface area (Å²) in [4.78, 5) is 31.4. The van der Waals surface area contributed by atoms with Gasteiger partial charge in [0, 0.05) is 30.5 Å². The fourth-order valence-electron chi connectivity index (χ4n) is 3.32. The van der Waals surface area contributed by atoms with E-state index in [0.717, 1.165) is 29.5 Å². The van der Waals surface area contributed by atoms with E-state index in [1.807, 2.05) is 23.6 Å². The van der Waals surface area contributed by atoms with Gasteiger partial charge in [0.05, 0.1) is 12.2 Å². The van der Waals surface area contributed by atoms with Gasteiger partial charge in [-0.05, 0) is 24.5 Å². The van der Waals surface area contributed by atoms with Crippen LogP contribution in [0.3, 0.4) is 0 Å². The van der Waals surface area contributed by atoms with Gasteiger partial charge in [0.1, 0.15) is 6.04 Å². The molecule has 2 aliphatic rings. The Kier molecular flexibility index (Phi) is 4.40. The summed E-state index contributed by atoms with van der Waals surface area (Å²) in [6.45, 7) is 2.51. The van der Waals surface area contributed by atoms with Crippen LogP contribution in [0.4, 0.5) is 5.13 Å². The zero-order valence-electron chi connectivity index (χ0n) is 13.8. The second-order valence-electron chi connectivity index (χ2n) is 6.42. The molecule has 6 nitrogen and oxygen atoms in total. The lowest BCUT2D eigenvalue weighted by Crippen LogP contribution is -2.50. The Labute approximate surface area is 150 Å². The van der Waals surface area contributed by atoms with Gasteiger partial charge in [-0.25, -0.2) is 4.98 Å². The molecule has 1 aromatic heterocycles. The number of fused-ring (bicyclic) bond motifs is 1. The summed E-state index contributed by atoms with van der Waals surface area (Å²) in [5.41, 5.74) is 2.43. The highest BCUT2D eigenvalue weighted by Crippen LogP contribution is 2.24. The van der Waals surface area contributed by atoms with Crippen molar-refractivity contribution in [2.24, 2.45) is 0 Å². The second kappa shape index (κ2) is 6.84. The zero-order chi connectivity index (χ0) is 17.2. The fraction of sp³-hybridized carbons (Fsp3) is 0.389. The Morgan fingerprint density at radius 2 is 2.12 bits per heavy atom. The van der Waals surface area contributed by atoms with Crippen LogP contribution < -0.4 is 15.5 Å². The van der Waals surface area contributed by atoms with Gasteiger partial charge in [-0.1, -0.05) is 18.2 Å². The van der Waals surface area contributed by atoms with Crippen LogP contribution in [0.15, 0.2) is 29.6 Å². The van der Waals surface area contributed by atoms with E-state index in [0.29, 0.717) is 18.5 Å². The van der Waals surface area contributed by atoms with E-state index in [9.17, 15) is 9.59 Å². The molecule has 0 saturated carbocycles.